The summed E-state index contributed by atoms with van der Waals surface area (Å²) >= 11 is 0. The second kappa shape index (κ2) is 11.3. The molecule has 0 aromatic heterocycles. The third kappa shape index (κ3) is 6.84. The molecule has 1 rings (SSSR count). The molecule has 0 saturated heterocycles. The van der Waals surface area contributed by atoms with Crippen molar-refractivity contribution in [2.24, 2.45) is 0 Å². The molecule has 4 heteroatoms. The molecule has 1 N–H and O–H groups in total. The maximum atomic E-state index is 12.4. The van der Waals surface area contributed by atoms with Crippen LogP contribution in [0, 0.1) is 0 Å². The van der Waals surface area contributed by atoms with Gasteiger partial charge in [0.05, 0.1) is 18.2 Å². The van der Waals surface area contributed by atoms with E-state index in [1.807, 2.05) is 6.92 Å². The minimum atomic E-state index is -0.394. The highest BCUT2D eigenvalue weighted by Gasteiger charge is 2.10. The molecule has 130 valence electrons. The van der Waals surface area contributed by atoms with E-state index in [0.717, 1.165) is 19.3 Å². The van der Waals surface area contributed by atoms with Crippen LogP contribution in [0.4, 0.5) is 5.69 Å². The molecule has 0 bridgehead atoms. The lowest BCUT2D eigenvalue weighted by atomic mass is 10.1. The molecule has 1 aromatic rings. The number of nitrogens with one attached hydrogen (secondary N) is 1. The van der Waals surface area contributed by atoms with Crippen molar-refractivity contribution in [3.8, 4) is 0 Å². The summed E-state index contributed by atoms with van der Waals surface area (Å²) in [5, 5.41) is 2.85. The van der Waals surface area contributed by atoms with Crippen LogP contribution in [-0.4, -0.2) is 19.0 Å². The number of amides is 1. The number of anilines is 1. The molecule has 4 nitrogen and oxygen atoms in total. The van der Waals surface area contributed by atoms with Crippen LogP contribution in [0.2, 0.25) is 0 Å². The van der Waals surface area contributed by atoms with Crippen LogP contribution in [0.5, 0.6) is 0 Å². The fourth-order valence-corrected chi connectivity index (χ4v) is 2.34. The molecule has 1 amide bonds. The summed E-state index contributed by atoms with van der Waals surface area (Å²) in [7, 11) is 1.34. The normalized spacial score (nSPS) is 9.79. The summed E-state index contributed by atoms with van der Waals surface area (Å²) in [5.74, 6) is -0.538. The number of carbonyl (C=O) groups excluding carboxylic acids is 2. The van der Waals surface area contributed by atoms with Gasteiger partial charge >= 0.3 is 5.97 Å². The molecular formula is C20H27NO3. The summed E-state index contributed by atoms with van der Waals surface area (Å²) in [5.41, 5.74) is 4.80. The number of rotatable bonds is 9. The second-order valence-corrected chi connectivity index (χ2v) is 5.60. The van der Waals surface area contributed by atoms with Gasteiger partial charge in [0.1, 0.15) is 0 Å². The summed E-state index contributed by atoms with van der Waals surface area (Å²) in [6.07, 6.45) is 8.26. The van der Waals surface area contributed by atoms with Gasteiger partial charge < -0.3 is 10.1 Å². The largest absolute Gasteiger partial charge is 0.465 e. The van der Waals surface area contributed by atoms with E-state index in [1.54, 1.807) is 30.3 Å². The minimum Gasteiger partial charge on any atom is -0.465 e. The first kappa shape index (κ1) is 19.7. The van der Waals surface area contributed by atoms with Crippen molar-refractivity contribution in [2.75, 3.05) is 12.4 Å². The van der Waals surface area contributed by atoms with E-state index < -0.39 is 5.97 Å². The maximum absolute atomic E-state index is 12.4. The molecule has 0 aliphatic carbocycles. The van der Waals surface area contributed by atoms with Gasteiger partial charge in [-0.3, -0.25) is 4.79 Å². The Morgan fingerprint density at radius 2 is 1.79 bits per heavy atom. The topological polar surface area (TPSA) is 55.4 Å². The third-order valence-electron chi connectivity index (χ3n) is 3.69. The first-order chi connectivity index (χ1) is 11.6. The Hall–Kier alpha value is -2.32. The van der Waals surface area contributed by atoms with Gasteiger partial charge in [0.25, 0.3) is 5.91 Å². The Labute approximate surface area is 144 Å². The Morgan fingerprint density at radius 1 is 1.12 bits per heavy atom. The van der Waals surface area contributed by atoms with Gasteiger partial charge in [-0.25, -0.2) is 4.79 Å². The second-order valence-electron chi connectivity index (χ2n) is 5.60. The molecule has 0 saturated carbocycles. The highest BCUT2D eigenvalue weighted by atomic mass is 16.5. The van der Waals surface area contributed by atoms with Crippen LogP contribution in [0.3, 0.4) is 0 Å². The number of methoxy groups -OCH3 is 1. The first-order valence-electron chi connectivity index (χ1n) is 8.52. The number of unbranched alkanes of at least 4 members (excludes halogenated alkanes) is 4. The van der Waals surface area contributed by atoms with Crippen LogP contribution in [0.15, 0.2) is 41.6 Å². The summed E-state index contributed by atoms with van der Waals surface area (Å²) in [6.45, 7) is 4.04. The third-order valence-corrected chi connectivity index (χ3v) is 3.69. The van der Waals surface area contributed by atoms with Crippen molar-refractivity contribution in [1.29, 1.82) is 0 Å². The monoisotopic (exact) mass is 329 g/mol. The average molecular weight is 329 g/mol. The molecule has 0 fully saturated rings. The maximum Gasteiger partial charge on any atom is 0.337 e. The molecule has 1 aromatic carbocycles. The summed E-state index contributed by atoms with van der Waals surface area (Å²) < 4.78 is 4.66. The Kier molecular flexibility index (Phi) is 9.25. The smallest absolute Gasteiger partial charge is 0.337 e. The van der Waals surface area contributed by atoms with Crippen molar-refractivity contribution in [1.82, 2.24) is 0 Å². The van der Waals surface area contributed by atoms with E-state index in [0.29, 0.717) is 16.8 Å². The summed E-state index contributed by atoms with van der Waals surface area (Å²) in [6, 6.07) is 6.65. The molecule has 0 atom stereocenters. The van der Waals surface area contributed by atoms with Gasteiger partial charge in [-0.15, -0.1) is 5.73 Å². The van der Waals surface area contributed by atoms with Gasteiger partial charge in [0, 0.05) is 5.69 Å². The van der Waals surface area contributed by atoms with E-state index in [9.17, 15) is 9.59 Å². The molecule has 0 unspecified atom stereocenters. The number of hydrogen-bond donors (Lipinski definition) is 1. The van der Waals surface area contributed by atoms with Crippen LogP contribution < -0.4 is 5.32 Å². The van der Waals surface area contributed by atoms with Gasteiger partial charge in [-0.05, 0) is 50.1 Å². The fraction of sp³-hybridized carbons (Fsp3) is 0.450. The van der Waals surface area contributed by atoms with E-state index in [1.165, 1.54) is 26.4 Å². The lowest BCUT2D eigenvalue weighted by Crippen LogP contribution is -2.14. The zero-order valence-corrected chi connectivity index (χ0v) is 14.9. The predicted molar refractivity (Wildman–Crippen MR) is 97.1 cm³/mol. The quantitative estimate of drug-likeness (QED) is 0.304. The van der Waals surface area contributed by atoms with Crippen molar-refractivity contribution < 1.29 is 14.3 Å². The van der Waals surface area contributed by atoms with Crippen molar-refractivity contribution >= 4 is 17.6 Å². The number of benzene rings is 1. The fourth-order valence-electron chi connectivity index (χ4n) is 2.34. The van der Waals surface area contributed by atoms with E-state index in [2.05, 4.69) is 22.7 Å². The number of hydrogen-bond acceptors (Lipinski definition) is 3. The van der Waals surface area contributed by atoms with Crippen LogP contribution in [0.1, 0.15) is 62.7 Å². The van der Waals surface area contributed by atoms with Gasteiger partial charge in [-0.1, -0.05) is 32.6 Å². The number of ether oxygens (including phenoxy) is 1. The molecule has 0 spiro atoms. The average Bonchev–Trinajstić information content (AvgIpc) is 2.60. The van der Waals surface area contributed by atoms with Gasteiger partial charge in [-0.2, -0.15) is 0 Å². The van der Waals surface area contributed by atoms with Crippen molar-refractivity contribution in [3.05, 3.63) is 47.2 Å². The number of carbonyl (C=O) groups is 2. The molecule has 0 radical (unpaired) electrons. The highest BCUT2D eigenvalue weighted by Crippen LogP contribution is 2.15. The van der Waals surface area contributed by atoms with E-state index in [4.69, 9.17) is 0 Å². The number of esters is 1. The van der Waals surface area contributed by atoms with E-state index in [-0.39, 0.29) is 5.91 Å². The summed E-state index contributed by atoms with van der Waals surface area (Å²) in [4.78, 5) is 23.8. The van der Waals surface area contributed by atoms with Crippen molar-refractivity contribution in [2.45, 2.75) is 52.4 Å². The van der Waals surface area contributed by atoms with E-state index >= 15 is 0 Å². The van der Waals surface area contributed by atoms with Crippen LogP contribution >= 0.6 is 0 Å². The lowest BCUT2D eigenvalue weighted by molar-refractivity contribution is -0.113. The Balaban J connectivity index is 2.62. The highest BCUT2D eigenvalue weighted by molar-refractivity contribution is 6.03. The van der Waals surface area contributed by atoms with Crippen LogP contribution in [0.25, 0.3) is 0 Å². The molecule has 24 heavy (non-hydrogen) atoms. The Morgan fingerprint density at radius 3 is 2.38 bits per heavy atom. The van der Waals surface area contributed by atoms with Crippen LogP contribution in [-0.2, 0) is 9.53 Å². The zero-order valence-electron chi connectivity index (χ0n) is 14.9. The minimum absolute atomic E-state index is 0.144. The van der Waals surface area contributed by atoms with Gasteiger partial charge in [0.2, 0.25) is 0 Å². The predicted octanol–water partition coefficient (Wildman–Crippen LogP) is 4.87. The zero-order chi connectivity index (χ0) is 17.8. The first-order valence-corrected chi connectivity index (χ1v) is 8.52. The van der Waals surface area contributed by atoms with Gasteiger partial charge in [0.15, 0.2) is 0 Å². The molecular weight excluding hydrogens is 302 g/mol. The Bertz CT molecular complexity index is 596. The molecule has 0 heterocycles. The lowest BCUT2D eigenvalue weighted by Gasteiger charge is -2.08. The molecule has 0 aliphatic heterocycles. The standard InChI is InChI=1S/C20H27NO3/c1-4-6-7-8-9-11-16(10-5-2)19(22)21-18-14-12-17(13-15-18)20(23)24-3/h5,12-15H,4,6-9,11H2,1-3H3,(H,21,22). The SMILES string of the molecule is CC=C=C(CCCCCCC)C(=O)Nc1ccc(C(=O)OC)cc1. The van der Waals surface area contributed by atoms with Crippen molar-refractivity contribution in [3.63, 3.8) is 0 Å². The molecule has 0 aliphatic rings.